The minimum absolute atomic E-state index is 0.127. The minimum atomic E-state index is -4.17. The number of fused-ring (bicyclic) bond motifs is 1. The molecule has 0 aliphatic carbocycles. The molecule has 144 valence electrons. The fourth-order valence-electron chi connectivity index (χ4n) is 3.35. The summed E-state index contributed by atoms with van der Waals surface area (Å²) in [6, 6.07) is 21.8. The highest BCUT2D eigenvalue weighted by atomic mass is 79.9. The van der Waals surface area contributed by atoms with Crippen molar-refractivity contribution in [1.82, 2.24) is 4.72 Å². The molecule has 1 N–H and O–H groups in total. The number of rotatable bonds is 3. The lowest BCUT2D eigenvalue weighted by atomic mass is 10.0. The van der Waals surface area contributed by atoms with Gasteiger partial charge in [0, 0.05) is 6.42 Å². The monoisotopic (exact) mass is 467 g/mol. The molecular formula is C21H14BrN3O3S. The van der Waals surface area contributed by atoms with E-state index in [4.69, 9.17) is 0 Å². The number of nitrogens with one attached hydrogen (secondary N) is 1. The van der Waals surface area contributed by atoms with Crippen LogP contribution in [0.5, 0.6) is 0 Å². The quantitative estimate of drug-likeness (QED) is 0.634. The van der Waals surface area contributed by atoms with Crippen LogP contribution in [0.15, 0.2) is 76.9 Å². The topological polar surface area (TPSA) is 90.3 Å². The molecule has 29 heavy (non-hydrogen) atoms. The average Bonchev–Trinajstić information content (AvgIpc) is 2.71. The van der Waals surface area contributed by atoms with Crippen LogP contribution in [0, 0.1) is 11.3 Å². The molecule has 8 heteroatoms. The number of hydrogen-bond donors (Lipinski definition) is 1. The summed E-state index contributed by atoms with van der Waals surface area (Å²) in [4.78, 5) is 12.3. The van der Waals surface area contributed by atoms with E-state index in [0.717, 1.165) is 20.6 Å². The number of halogens is 1. The number of nitrogens with zero attached hydrogens (tertiary/aromatic N) is 2. The number of carbonyl (C=O) groups excluding carboxylic acids is 1. The minimum Gasteiger partial charge on any atom is -0.267 e. The molecule has 0 radical (unpaired) electrons. The third-order valence-corrected chi connectivity index (χ3v) is 6.78. The summed E-state index contributed by atoms with van der Waals surface area (Å²) in [6.07, 6.45) is 0.200. The molecule has 3 aromatic rings. The van der Waals surface area contributed by atoms with E-state index < -0.39 is 16.1 Å². The molecule has 0 aromatic heterocycles. The Bertz CT molecular complexity index is 1320. The SMILES string of the molecule is N#Cc1cccc(N2C(Cc3cccc4ccccc34)=C(Br)C(=O)NS2(=O)=O)c1. The smallest absolute Gasteiger partial charge is 0.267 e. The Balaban J connectivity index is 1.90. The second-order valence-electron chi connectivity index (χ2n) is 6.44. The number of nitriles is 1. The third-order valence-electron chi connectivity index (χ3n) is 4.61. The van der Waals surface area contributed by atoms with Crippen molar-refractivity contribution in [3.63, 3.8) is 0 Å². The predicted molar refractivity (Wildman–Crippen MR) is 114 cm³/mol. The number of amides is 1. The molecule has 1 aliphatic rings. The highest BCUT2D eigenvalue weighted by Gasteiger charge is 2.37. The Morgan fingerprint density at radius 1 is 1.03 bits per heavy atom. The van der Waals surface area contributed by atoms with Gasteiger partial charge in [-0.1, -0.05) is 48.5 Å². The molecule has 6 nitrogen and oxygen atoms in total. The molecule has 4 rings (SSSR count). The second-order valence-corrected chi connectivity index (χ2v) is 8.75. The van der Waals surface area contributed by atoms with Crippen LogP contribution in [-0.2, 0) is 21.4 Å². The van der Waals surface area contributed by atoms with Gasteiger partial charge < -0.3 is 0 Å². The van der Waals surface area contributed by atoms with Crippen molar-refractivity contribution in [3.05, 3.63) is 88.0 Å². The van der Waals surface area contributed by atoms with E-state index in [1.54, 1.807) is 18.2 Å². The van der Waals surface area contributed by atoms with Crippen LogP contribution in [0.3, 0.4) is 0 Å². The van der Waals surface area contributed by atoms with Gasteiger partial charge in [0.1, 0.15) is 4.48 Å². The summed E-state index contributed by atoms with van der Waals surface area (Å²) in [6.45, 7) is 0. The Hall–Kier alpha value is -3.15. The lowest BCUT2D eigenvalue weighted by Gasteiger charge is -2.31. The molecule has 0 fully saturated rings. The van der Waals surface area contributed by atoms with E-state index in [0.29, 0.717) is 5.56 Å². The maximum Gasteiger partial charge on any atom is 0.330 e. The molecule has 3 aromatic carbocycles. The maximum atomic E-state index is 12.9. The maximum absolute atomic E-state index is 12.9. The summed E-state index contributed by atoms with van der Waals surface area (Å²) >= 11 is 3.26. The molecular weight excluding hydrogens is 454 g/mol. The summed E-state index contributed by atoms with van der Waals surface area (Å²) in [5.41, 5.74) is 1.74. The highest BCUT2D eigenvalue weighted by Crippen LogP contribution is 2.34. The van der Waals surface area contributed by atoms with E-state index in [-0.39, 0.29) is 22.3 Å². The number of anilines is 1. The van der Waals surface area contributed by atoms with Crippen molar-refractivity contribution < 1.29 is 13.2 Å². The van der Waals surface area contributed by atoms with E-state index in [1.807, 2.05) is 53.3 Å². The van der Waals surface area contributed by atoms with Crippen molar-refractivity contribution in [2.75, 3.05) is 4.31 Å². The molecule has 0 atom stereocenters. The first-order chi connectivity index (χ1) is 13.9. The van der Waals surface area contributed by atoms with E-state index in [9.17, 15) is 18.5 Å². The van der Waals surface area contributed by atoms with Crippen LogP contribution < -0.4 is 9.03 Å². The average molecular weight is 468 g/mol. The van der Waals surface area contributed by atoms with Crippen molar-refractivity contribution in [2.45, 2.75) is 6.42 Å². The fourth-order valence-corrected chi connectivity index (χ4v) is 5.28. The predicted octanol–water partition coefficient (Wildman–Crippen LogP) is 3.74. The molecule has 0 saturated heterocycles. The van der Waals surface area contributed by atoms with Gasteiger partial charge in [0.2, 0.25) is 0 Å². The van der Waals surface area contributed by atoms with Crippen molar-refractivity contribution in [2.24, 2.45) is 0 Å². The molecule has 1 amide bonds. The summed E-state index contributed by atoms with van der Waals surface area (Å²) in [5.74, 6) is -0.729. The van der Waals surface area contributed by atoms with Crippen LogP contribution in [0.2, 0.25) is 0 Å². The standard InChI is InChI=1S/C21H14BrN3O3S/c22-20-19(12-16-8-4-7-15-6-1-2-10-18(15)16)25(29(27,28)24-21(20)26)17-9-3-5-14(11-17)13-23/h1-11H,12H2,(H,24,26). The third kappa shape index (κ3) is 3.50. The normalized spacial score (nSPS) is 15.9. The molecule has 0 unspecified atom stereocenters. The van der Waals surface area contributed by atoms with Gasteiger partial charge in [-0.15, -0.1) is 0 Å². The first-order valence-corrected chi connectivity index (χ1v) is 10.9. The largest absolute Gasteiger partial charge is 0.330 e. The number of allylic oxidation sites excluding steroid dienone is 1. The lowest BCUT2D eigenvalue weighted by Crippen LogP contribution is -2.48. The van der Waals surface area contributed by atoms with Crippen LogP contribution in [0.4, 0.5) is 5.69 Å². The van der Waals surface area contributed by atoms with E-state index in [2.05, 4.69) is 15.9 Å². The summed E-state index contributed by atoms with van der Waals surface area (Å²) in [5, 5.41) is 11.2. The summed E-state index contributed by atoms with van der Waals surface area (Å²) in [7, 11) is -4.17. The van der Waals surface area contributed by atoms with Gasteiger partial charge in [0.05, 0.1) is 23.0 Å². The zero-order valence-electron chi connectivity index (χ0n) is 15.0. The Morgan fingerprint density at radius 3 is 2.55 bits per heavy atom. The molecule has 1 heterocycles. The van der Waals surface area contributed by atoms with Crippen LogP contribution in [0.25, 0.3) is 10.8 Å². The molecule has 0 saturated carbocycles. The fraction of sp³-hybridized carbons (Fsp3) is 0.0476. The van der Waals surface area contributed by atoms with Crippen molar-refractivity contribution in [3.8, 4) is 6.07 Å². The highest BCUT2D eigenvalue weighted by molar-refractivity contribution is 9.12. The van der Waals surface area contributed by atoms with Gasteiger partial charge in [-0.3, -0.25) is 4.79 Å². The second kappa shape index (κ2) is 7.35. The number of carbonyl (C=O) groups is 1. The van der Waals surface area contributed by atoms with Crippen molar-refractivity contribution >= 4 is 48.5 Å². The summed E-state index contributed by atoms with van der Waals surface area (Å²) < 4.78 is 28.9. The first kappa shape index (κ1) is 19.2. The number of hydrogen-bond acceptors (Lipinski definition) is 4. The van der Waals surface area contributed by atoms with Gasteiger partial charge in [-0.25, -0.2) is 9.03 Å². The van der Waals surface area contributed by atoms with Crippen LogP contribution >= 0.6 is 15.9 Å². The molecule has 1 aliphatic heterocycles. The van der Waals surface area contributed by atoms with Gasteiger partial charge in [-0.05, 0) is 50.5 Å². The van der Waals surface area contributed by atoms with Gasteiger partial charge in [-0.2, -0.15) is 13.7 Å². The van der Waals surface area contributed by atoms with Gasteiger partial charge in [0.25, 0.3) is 5.91 Å². The Labute approximate surface area is 176 Å². The first-order valence-electron chi connectivity index (χ1n) is 8.63. The molecule has 0 spiro atoms. The zero-order valence-corrected chi connectivity index (χ0v) is 17.4. The Morgan fingerprint density at radius 2 is 1.76 bits per heavy atom. The van der Waals surface area contributed by atoms with Gasteiger partial charge in [0.15, 0.2) is 0 Å². The zero-order chi connectivity index (χ0) is 20.6. The van der Waals surface area contributed by atoms with E-state index in [1.165, 1.54) is 6.07 Å². The van der Waals surface area contributed by atoms with E-state index >= 15 is 0 Å². The molecule has 0 bridgehead atoms. The van der Waals surface area contributed by atoms with Gasteiger partial charge >= 0.3 is 10.2 Å². The van der Waals surface area contributed by atoms with Crippen LogP contribution in [-0.4, -0.2) is 14.3 Å². The van der Waals surface area contributed by atoms with Crippen LogP contribution in [0.1, 0.15) is 11.1 Å². The lowest BCUT2D eigenvalue weighted by molar-refractivity contribution is -0.115. The Kier molecular flexibility index (Phi) is 4.86. The van der Waals surface area contributed by atoms with Crippen molar-refractivity contribution in [1.29, 1.82) is 5.26 Å². The number of benzene rings is 3.